The summed E-state index contributed by atoms with van der Waals surface area (Å²) in [5.74, 6) is -2.38. The lowest BCUT2D eigenvalue weighted by Gasteiger charge is -2.11. The van der Waals surface area contributed by atoms with Crippen LogP contribution in [0.5, 0.6) is 5.75 Å². The van der Waals surface area contributed by atoms with Crippen molar-refractivity contribution in [2.75, 3.05) is 0 Å². The first kappa shape index (κ1) is 14.3. The standard InChI is InChI=1S/C15H12ClFO3/c1-8(15(19)20)9-2-4-11(13(16)6-9)12-5-3-10(17)7-14(12)18/h2-8,18H,1H3,(H,19,20). The van der Waals surface area contributed by atoms with Crippen LogP contribution in [0.2, 0.25) is 5.02 Å². The summed E-state index contributed by atoms with van der Waals surface area (Å²) in [6, 6.07) is 8.43. The van der Waals surface area contributed by atoms with Gasteiger partial charge in [-0.25, -0.2) is 4.39 Å². The summed E-state index contributed by atoms with van der Waals surface area (Å²) in [6.07, 6.45) is 0. The van der Waals surface area contributed by atoms with Gasteiger partial charge in [-0.3, -0.25) is 4.79 Å². The van der Waals surface area contributed by atoms with Crippen LogP contribution in [0.25, 0.3) is 11.1 Å². The molecule has 2 rings (SSSR count). The first-order valence-electron chi connectivity index (χ1n) is 5.91. The second-order valence-corrected chi connectivity index (χ2v) is 4.87. The predicted molar refractivity (Wildman–Crippen MR) is 74.6 cm³/mol. The predicted octanol–water partition coefficient (Wildman–Crippen LogP) is 4.04. The summed E-state index contributed by atoms with van der Waals surface area (Å²) in [6.45, 7) is 1.56. The molecule has 1 atom stereocenters. The molecule has 0 aliphatic carbocycles. The van der Waals surface area contributed by atoms with Crippen LogP contribution in [-0.4, -0.2) is 16.2 Å². The Kier molecular flexibility index (Phi) is 3.95. The van der Waals surface area contributed by atoms with Crippen LogP contribution >= 0.6 is 11.6 Å². The van der Waals surface area contributed by atoms with E-state index < -0.39 is 17.7 Å². The zero-order valence-electron chi connectivity index (χ0n) is 10.6. The molecule has 0 aliphatic heterocycles. The minimum atomic E-state index is -0.946. The third-order valence-electron chi connectivity index (χ3n) is 3.11. The normalized spacial score (nSPS) is 12.2. The number of aliphatic carboxylic acids is 1. The van der Waals surface area contributed by atoms with Crippen molar-refractivity contribution in [3.63, 3.8) is 0 Å². The molecule has 2 aromatic carbocycles. The van der Waals surface area contributed by atoms with Crippen molar-refractivity contribution in [3.8, 4) is 16.9 Å². The number of carboxylic acids is 1. The highest BCUT2D eigenvalue weighted by molar-refractivity contribution is 6.33. The molecule has 0 saturated heterocycles. The SMILES string of the molecule is CC(C(=O)O)c1ccc(-c2ccc(F)cc2O)c(Cl)c1. The number of carboxylic acid groups (broad SMARTS) is 1. The van der Waals surface area contributed by atoms with Crippen LogP contribution in [-0.2, 0) is 4.79 Å². The van der Waals surface area contributed by atoms with Gasteiger partial charge in [-0.15, -0.1) is 0 Å². The summed E-state index contributed by atoms with van der Waals surface area (Å²) in [5.41, 5.74) is 1.48. The van der Waals surface area contributed by atoms with Gasteiger partial charge in [-0.05, 0) is 30.7 Å². The Bertz CT molecular complexity index is 670. The minimum Gasteiger partial charge on any atom is -0.507 e. The molecule has 0 saturated carbocycles. The van der Waals surface area contributed by atoms with E-state index >= 15 is 0 Å². The molecule has 20 heavy (non-hydrogen) atoms. The summed E-state index contributed by atoms with van der Waals surface area (Å²) in [4.78, 5) is 10.9. The maximum Gasteiger partial charge on any atom is 0.310 e. The van der Waals surface area contributed by atoms with E-state index in [2.05, 4.69) is 0 Å². The highest BCUT2D eigenvalue weighted by Crippen LogP contribution is 2.36. The van der Waals surface area contributed by atoms with Crippen molar-refractivity contribution in [3.05, 3.63) is 52.8 Å². The number of benzene rings is 2. The molecule has 0 fully saturated rings. The molecule has 2 aromatic rings. The van der Waals surface area contributed by atoms with Gasteiger partial charge in [0.05, 0.1) is 5.92 Å². The van der Waals surface area contributed by atoms with Gasteiger partial charge in [-0.2, -0.15) is 0 Å². The van der Waals surface area contributed by atoms with E-state index in [9.17, 15) is 14.3 Å². The van der Waals surface area contributed by atoms with Gasteiger partial charge in [-0.1, -0.05) is 23.7 Å². The van der Waals surface area contributed by atoms with Crippen molar-refractivity contribution in [1.29, 1.82) is 0 Å². The van der Waals surface area contributed by atoms with Crippen molar-refractivity contribution < 1.29 is 19.4 Å². The first-order chi connectivity index (χ1) is 9.40. The molecule has 1 unspecified atom stereocenters. The third-order valence-corrected chi connectivity index (χ3v) is 3.43. The van der Waals surface area contributed by atoms with Gasteiger partial charge < -0.3 is 10.2 Å². The minimum absolute atomic E-state index is 0.217. The van der Waals surface area contributed by atoms with Crippen molar-refractivity contribution in [2.24, 2.45) is 0 Å². The maximum atomic E-state index is 13.0. The van der Waals surface area contributed by atoms with E-state index in [-0.39, 0.29) is 5.75 Å². The van der Waals surface area contributed by atoms with Crippen LogP contribution in [0.3, 0.4) is 0 Å². The molecule has 0 bridgehead atoms. The Morgan fingerprint density at radius 3 is 2.40 bits per heavy atom. The number of phenolic OH excluding ortho intramolecular Hbond substituents is 1. The lowest BCUT2D eigenvalue weighted by Crippen LogP contribution is -2.07. The molecular formula is C15H12ClFO3. The van der Waals surface area contributed by atoms with Gasteiger partial charge in [0.2, 0.25) is 0 Å². The van der Waals surface area contributed by atoms with Crippen LogP contribution in [0.15, 0.2) is 36.4 Å². The number of aromatic hydroxyl groups is 1. The Hall–Kier alpha value is -2.07. The Morgan fingerprint density at radius 1 is 1.20 bits per heavy atom. The molecule has 0 radical (unpaired) electrons. The lowest BCUT2D eigenvalue weighted by atomic mass is 9.97. The molecule has 2 N–H and O–H groups in total. The van der Waals surface area contributed by atoms with Gasteiger partial charge >= 0.3 is 5.97 Å². The van der Waals surface area contributed by atoms with Crippen molar-refractivity contribution >= 4 is 17.6 Å². The molecule has 104 valence electrons. The fourth-order valence-electron chi connectivity index (χ4n) is 1.89. The molecule has 0 amide bonds. The van der Waals surface area contributed by atoms with E-state index in [1.807, 2.05) is 0 Å². The largest absolute Gasteiger partial charge is 0.507 e. The molecule has 0 heterocycles. The zero-order valence-corrected chi connectivity index (χ0v) is 11.4. The Morgan fingerprint density at radius 2 is 1.85 bits per heavy atom. The van der Waals surface area contributed by atoms with Gasteiger partial charge in [0.25, 0.3) is 0 Å². The Balaban J connectivity index is 2.47. The van der Waals surface area contributed by atoms with Gasteiger partial charge in [0.1, 0.15) is 11.6 Å². The number of rotatable bonds is 3. The summed E-state index contributed by atoms with van der Waals surface area (Å²) in [7, 11) is 0. The van der Waals surface area contributed by atoms with E-state index in [1.165, 1.54) is 12.1 Å². The van der Waals surface area contributed by atoms with E-state index in [4.69, 9.17) is 16.7 Å². The average Bonchev–Trinajstić information content (AvgIpc) is 2.38. The average molecular weight is 295 g/mol. The van der Waals surface area contributed by atoms with Gasteiger partial charge in [0.15, 0.2) is 0 Å². The molecule has 3 nitrogen and oxygen atoms in total. The molecule has 0 aromatic heterocycles. The van der Waals surface area contributed by atoms with Crippen LogP contribution in [0.1, 0.15) is 18.4 Å². The van der Waals surface area contributed by atoms with Crippen LogP contribution in [0.4, 0.5) is 4.39 Å². The number of hydrogen-bond acceptors (Lipinski definition) is 2. The zero-order chi connectivity index (χ0) is 14.9. The lowest BCUT2D eigenvalue weighted by molar-refractivity contribution is -0.138. The number of halogens is 2. The topological polar surface area (TPSA) is 57.5 Å². The fourth-order valence-corrected chi connectivity index (χ4v) is 2.19. The quantitative estimate of drug-likeness (QED) is 0.898. The smallest absolute Gasteiger partial charge is 0.310 e. The fraction of sp³-hybridized carbons (Fsp3) is 0.133. The summed E-state index contributed by atoms with van der Waals surface area (Å²) >= 11 is 6.13. The van der Waals surface area contributed by atoms with Crippen LogP contribution < -0.4 is 0 Å². The molecular weight excluding hydrogens is 283 g/mol. The molecule has 5 heteroatoms. The third kappa shape index (κ3) is 2.75. The van der Waals surface area contributed by atoms with Crippen molar-refractivity contribution in [2.45, 2.75) is 12.8 Å². The second kappa shape index (κ2) is 5.51. The highest BCUT2D eigenvalue weighted by Gasteiger charge is 2.16. The number of phenols is 1. The first-order valence-corrected chi connectivity index (χ1v) is 6.29. The number of carbonyl (C=O) groups is 1. The second-order valence-electron chi connectivity index (χ2n) is 4.46. The Labute approximate surface area is 120 Å². The van der Waals surface area contributed by atoms with Crippen molar-refractivity contribution in [1.82, 2.24) is 0 Å². The highest BCUT2D eigenvalue weighted by atomic mass is 35.5. The number of hydrogen-bond donors (Lipinski definition) is 2. The summed E-state index contributed by atoms with van der Waals surface area (Å²) in [5, 5.41) is 19.0. The van der Waals surface area contributed by atoms with Crippen LogP contribution in [0, 0.1) is 5.82 Å². The molecule has 0 spiro atoms. The molecule has 0 aliphatic rings. The summed E-state index contributed by atoms with van der Waals surface area (Å²) < 4.78 is 13.0. The van der Waals surface area contributed by atoms with E-state index in [1.54, 1.807) is 25.1 Å². The van der Waals surface area contributed by atoms with E-state index in [0.717, 1.165) is 6.07 Å². The van der Waals surface area contributed by atoms with E-state index in [0.29, 0.717) is 21.7 Å². The maximum absolute atomic E-state index is 13.0. The van der Waals surface area contributed by atoms with Gasteiger partial charge in [0, 0.05) is 22.2 Å². The monoisotopic (exact) mass is 294 g/mol.